The molecule has 192 valence electrons. The van der Waals surface area contributed by atoms with Crippen LogP contribution in [0.15, 0.2) is 24.4 Å². The van der Waals surface area contributed by atoms with Gasteiger partial charge in [0.05, 0.1) is 12.3 Å². The number of fused-ring (bicyclic) bond motifs is 2. The Morgan fingerprint density at radius 1 is 1.31 bits per heavy atom. The second-order valence-electron chi connectivity index (χ2n) is 10.4. The monoisotopic (exact) mass is 508 g/mol. The molecule has 2 aliphatic rings. The van der Waals surface area contributed by atoms with Crippen LogP contribution in [0.2, 0.25) is 0 Å². The molecular formula is C24H33FN4O5S. The van der Waals surface area contributed by atoms with Crippen LogP contribution in [0.5, 0.6) is 0 Å². The molecule has 2 aliphatic heterocycles. The molecule has 0 bridgehead atoms. The van der Waals surface area contributed by atoms with Crippen LogP contribution in [0.1, 0.15) is 52.0 Å². The maximum atomic E-state index is 13.8. The molecule has 0 saturated carbocycles. The summed E-state index contributed by atoms with van der Waals surface area (Å²) in [6.45, 7) is 7.64. The Bertz CT molecular complexity index is 1240. The number of likely N-dealkylation sites (tertiary alicyclic amines) is 1. The van der Waals surface area contributed by atoms with Crippen molar-refractivity contribution in [2.75, 3.05) is 19.3 Å². The zero-order valence-corrected chi connectivity index (χ0v) is 21.5. The number of aromatic amines is 1. The van der Waals surface area contributed by atoms with Crippen LogP contribution in [-0.2, 0) is 19.6 Å². The van der Waals surface area contributed by atoms with Gasteiger partial charge in [-0.05, 0) is 57.4 Å². The van der Waals surface area contributed by atoms with Crippen molar-refractivity contribution in [3.8, 4) is 0 Å². The van der Waals surface area contributed by atoms with Gasteiger partial charge < -0.3 is 19.9 Å². The van der Waals surface area contributed by atoms with Gasteiger partial charge in [0.15, 0.2) is 0 Å². The largest absolute Gasteiger partial charge is 0.444 e. The molecule has 35 heavy (non-hydrogen) atoms. The first-order valence-electron chi connectivity index (χ1n) is 11.8. The molecule has 4 rings (SSSR count). The summed E-state index contributed by atoms with van der Waals surface area (Å²) in [6.07, 6.45) is 3.14. The van der Waals surface area contributed by atoms with E-state index >= 15 is 0 Å². The van der Waals surface area contributed by atoms with Crippen LogP contribution in [0, 0.1) is 5.82 Å². The predicted molar refractivity (Wildman–Crippen MR) is 130 cm³/mol. The average Bonchev–Trinajstić information content (AvgIpc) is 3.42. The smallest absolute Gasteiger partial charge is 0.408 e. The molecule has 1 aromatic carbocycles. The maximum absolute atomic E-state index is 13.8. The van der Waals surface area contributed by atoms with Gasteiger partial charge in [-0.15, -0.1) is 0 Å². The highest BCUT2D eigenvalue weighted by atomic mass is 32.2. The van der Waals surface area contributed by atoms with Crippen molar-refractivity contribution in [3.63, 3.8) is 0 Å². The molecular weight excluding hydrogens is 475 g/mol. The summed E-state index contributed by atoms with van der Waals surface area (Å²) in [5.74, 6) is -0.943. The van der Waals surface area contributed by atoms with Crippen LogP contribution in [0.4, 0.5) is 9.18 Å². The van der Waals surface area contributed by atoms with Gasteiger partial charge in [0, 0.05) is 42.1 Å². The number of rotatable bonds is 5. The predicted octanol–water partition coefficient (Wildman–Crippen LogP) is 2.94. The van der Waals surface area contributed by atoms with Crippen molar-refractivity contribution >= 4 is 32.9 Å². The molecule has 11 heteroatoms. The van der Waals surface area contributed by atoms with E-state index < -0.39 is 33.8 Å². The average molecular weight is 509 g/mol. The second-order valence-corrected chi connectivity index (χ2v) is 12.3. The van der Waals surface area contributed by atoms with Gasteiger partial charge in [0.1, 0.15) is 17.5 Å². The number of hydrogen-bond acceptors (Lipinski definition) is 5. The fourth-order valence-electron chi connectivity index (χ4n) is 5.37. The molecule has 0 aliphatic carbocycles. The molecule has 2 amide bonds. The zero-order valence-electron chi connectivity index (χ0n) is 20.7. The number of nitrogens with zero attached hydrogens (tertiary/aromatic N) is 2. The Labute approximate surface area is 205 Å². The SMILES string of the molecule is CC[C@H](NC(=O)OC(C)(C)C)C(=O)N1CC[C@@H]2[C@H]1[C@H](c1c[nH]c3cc(F)ccc13)CN2S(C)(=O)=O. The molecule has 2 fully saturated rings. The zero-order chi connectivity index (χ0) is 25.7. The molecule has 0 unspecified atom stereocenters. The third-order valence-electron chi connectivity index (χ3n) is 6.76. The van der Waals surface area contributed by atoms with Gasteiger partial charge in [0.25, 0.3) is 0 Å². The number of carbonyl (C=O) groups excluding carboxylic acids is 2. The summed E-state index contributed by atoms with van der Waals surface area (Å²) in [5.41, 5.74) is 0.753. The number of H-pyrrole nitrogens is 1. The molecule has 4 atom stereocenters. The van der Waals surface area contributed by atoms with E-state index in [2.05, 4.69) is 10.3 Å². The molecule has 2 aromatic rings. The van der Waals surface area contributed by atoms with Gasteiger partial charge in [-0.2, -0.15) is 4.31 Å². The number of carbonyl (C=O) groups is 2. The van der Waals surface area contributed by atoms with Gasteiger partial charge in [0.2, 0.25) is 15.9 Å². The fraction of sp³-hybridized carbons (Fsp3) is 0.583. The molecule has 2 N–H and O–H groups in total. The number of ether oxygens (including phenoxy) is 1. The van der Waals surface area contributed by atoms with Crippen LogP contribution >= 0.6 is 0 Å². The summed E-state index contributed by atoms with van der Waals surface area (Å²) in [7, 11) is -3.52. The van der Waals surface area contributed by atoms with Crippen molar-refractivity contribution in [2.45, 2.75) is 70.2 Å². The highest BCUT2D eigenvalue weighted by Gasteiger charge is 2.54. The van der Waals surface area contributed by atoms with E-state index in [1.165, 1.54) is 22.7 Å². The fourth-order valence-corrected chi connectivity index (χ4v) is 6.53. The minimum Gasteiger partial charge on any atom is -0.444 e. The quantitative estimate of drug-likeness (QED) is 0.645. The van der Waals surface area contributed by atoms with Crippen LogP contribution in [-0.4, -0.2) is 77.7 Å². The third-order valence-corrected chi connectivity index (χ3v) is 8.03. The van der Waals surface area contributed by atoms with Crippen LogP contribution in [0.3, 0.4) is 0 Å². The Kier molecular flexibility index (Phi) is 6.60. The minimum absolute atomic E-state index is 0.221. The van der Waals surface area contributed by atoms with E-state index in [4.69, 9.17) is 4.74 Å². The number of amides is 2. The number of aromatic nitrogens is 1. The van der Waals surface area contributed by atoms with Crippen molar-refractivity contribution in [1.82, 2.24) is 19.5 Å². The lowest BCUT2D eigenvalue weighted by atomic mass is 9.91. The van der Waals surface area contributed by atoms with E-state index in [-0.39, 0.29) is 30.2 Å². The minimum atomic E-state index is -3.52. The van der Waals surface area contributed by atoms with Crippen molar-refractivity contribution in [2.24, 2.45) is 0 Å². The van der Waals surface area contributed by atoms with E-state index in [1.54, 1.807) is 44.9 Å². The standard InChI is InChI=1S/C24H33FN4O5S/c1-6-18(27-23(31)34-24(2,3)4)22(30)28-10-9-20-21(28)17(13-29(20)35(5,32)33)16-12-26-19-11-14(25)7-8-15(16)19/h7-8,11-12,17-18,20-21,26H,6,9-10,13H2,1-5H3,(H,27,31)/t17-,18-,20+,21+/m0/s1. The van der Waals surface area contributed by atoms with Gasteiger partial charge in [-0.25, -0.2) is 17.6 Å². The highest BCUT2D eigenvalue weighted by Crippen LogP contribution is 2.44. The van der Waals surface area contributed by atoms with E-state index in [0.29, 0.717) is 24.9 Å². The highest BCUT2D eigenvalue weighted by molar-refractivity contribution is 7.88. The van der Waals surface area contributed by atoms with Crippen LogP contribution in [0.25, 0.3) is 10.9 Å². The van der Waals surface area contributed by atoms with Crippen molar-refractivity contribution in [3.05, 3.63) is 35.8 Å². The van der Waals surface area contributed by atoms with Gasteiger partial charge >= 0.3 is 6.09 Å². The number of benzene rings is 1. The van der Waals surface area contributed by atoms with Gasteiger partial charge in [-0.3, -0.25) is 4.79 Å². The molecule has 2 saturated heterocycles. The molecule has 0 radical (unpaired) electrons. The number of hydrogen-bond donors (Lipinski definition) is 2. The number of halogens is 1. The first kappa shape index (κ1) is 25.4. The molecule has 9 nitrogen and oxygen atoms in total. The Hall–Kier alpha value is -2.66. The second kappa shape index (κ2) is 9.09. The summed E-state index contributed by atoms with van der Waals surface area (Å²) < 4.78 is 45.8. The third kappa shape index (κ3) is 5.02. The number of alkyl carbamates (subject to hydrolysis) is 1. The summed E-state index contributed by atoms with van der Waals surface area (Å²) in [4.78, 5) is 30.8. The van der Waals surface area contributed by atoms with E-state index in [1.807, 2.05) is 0 Å². The molecule has 3 heterocycles. The number of nitrogens with one attached hydrogen (secondary N) is 2. The normalized spacial score (nSPS) is 23.9. The topological polar surface area (TPSA) is 112 Å². The lowest BCUT2D eigenvalue weighted by molar-refractivity contribution is -0.134. The van der Waals surface area contributed by atoms with E-state index in [0.717, 1.165) is 10.9 Å². The summed E-state index contributed by atoms with van der Waals surface area (Å²) in [5, 5.41) is 3.47. The Balaban J connectivity index is 1.66. The van der Waals surface area contributed by atoms with Crippen molar-refractivity contribution < 1.29 is 27.1 Å². The van der Waals surface area contributed by atoms with Crippen molar-refractivity contribution in [1.29, 1.82) is 0 Å². The maximum Gasteiger partial charge on any atom is 0.408 e. The Morgan fingerprint density at radius 2 is 2.03 bits per heavy atom. The Morgan fingerprint density at radius 3 is 2.66 bits per heavy atom. The van der Waals surface area contributed by atoms with E-state index in [9.17, 15) is 22.4 Å². The first-order valence-corrected chi connectivity index (χ1v) is 13.7. The number of sulfonamides is 1. The molecule has 0 spiro atoms. The lowest BCUT2D eigenvalue weighted by Crippen LogP contribution is -2.52. The lowest BCUT2D eigenvalue weighted by Gasteiger charge is -2.32. The van der Waals surface area contributed by atoms with Gasteiger partial charge in [-0.1, -0.05) is 6.92 Å². The summed E-state index contributed by atoms with van der Waals surface area (Å²) >= 11 is 0. The molecule has 1 aromatic heterocycles. The first-order chi connectivity index (χ1) is 16.3. The summed E-state index contributed by atoms with van der Waals surface area (Å²) in [6, 6.07) is 2.87. The van der Waals surface area contributed by atoms with Crippen LogP contribution < -0.4 is 5.32 Å².